The van der Waals surface area contributed by atoms with Gasteiger partial charge < -0.3 is 13.9 Å². The Morgan fingerprint density at radius 2 is 0.877 bits per heavy atom. The molecule has 2 aromatic heterocycles. The van der Waals surface area contributed by atoms with Crippen molar-refractivity contribution in [2.45, 2.75) is 0 Å². The Balaban J connectivity index is 1.17. The third-order valence-electron chi connectivity index (χ3n) is 11.2. The molecule has 0 amide bonds. The lowest BCUT2D eigenvalue weighted by atomic mass is 9.94. The van der Waals surface area contributed by atoms with E-state index in [1.807, 2.05) is 6.07 Å². The first-order valence-corrected chi connectivity index (χ1v) is 19.4. The van der Waals surface area contributed by atoms with Gasteiger partial charge in [-0.3, -0.25) is 0 Å². The lowest BCUT2D eigenvalue weighted by Crippen LogP contribution is -2.12. The van der Waals surface area contributed by atoms with E-state index in [9.17, 15) is 0 Å². The summed E-state index contributed by atoms with van der Waals surface area (Å²) in [7, 11) is 0. The summed E-state index contributed by atoms with van der Waals surface area (Å²) < 4.78 is 8.94. The summed E-state index contributed by atoms with van der Waals surface area (Å²) in [5.41, 5.74) is 15.3. The number of rotatable bonds is 7. The minimum absolute atomic E-state index is 0.862. The lowest BCUT2D eigenvalue weighted by molar-refractivity contribution is 0.669. The van der Waals surface area contributed by atoms with Gasteiger partial charge in [0.25, 0.3) is 0 Å². The SMILES string of the molecule is c1ccc(-c2ccc(-c3c(N(c4ccc(-c5ccccc5)cc4)c4cccc(-n5c6ccccc6c6ccccc65)c4)ccc4oc5ccccc5c34)cc2)cc1. The summed E-state index contributed by atoms with van der Waals surface area (Å²) in [6, 6.07) is 78.1. The predicted octanol–water partition coefficient (Wildman–Crippen LogP) is 15.2. The average Bonchev–Trinajstić information content (AvgIpc) is 3.84. The van der Waals surface area contributed by atoms with Crippen LogP contribution in [-0.2, 0) is 0 Å². The van der Waals surface area contributed by atoms with Crippen LogP contribution in [0.2, 0.25) is 0 Å². The fraction of sp³-hybridized carbons (Fsp3) is 0. The first-order chi connectivity index (χ1) is 28.3. The van der Waals surface area contributed by atoms with Crippen LogP contribution in [0.4, 0.5) is 17.1 Å². The fourth-order valence-corrected chi connectivity index (χ4v) is 8.58. The van der Waals surface area contributed by atoms with Gasteiger partial charge in [-0.05, 0) is 88.5 Å². The Hall–Kier alpha value is -7.62. The summed E-state index contributed by atoms with van der Waals surface area (Å²) in [6.45, 7) is 0. The molecule has 57 heavy (non-hydrogen) atoms. The van der Waals surface area contributed by atoms with E-state index in [1.165, 1.54) is 44.1 Å². The van der Waals surface area contributed by atoms with Gasteiger partial charge in [-0.25, -0.2) is 0 Å². The molecule has 11 rings (SSSR count). The Bertz CT molecular complexity index is 3160. The van der Waals surface area contributed by atoms with Crippen molar-refractivity contribution >= 4 is 60.8 Å². The van der Waals surface area contributed by atoms with Crippen LogP contribution in [0.3, 0.4) is 0 Å². The number of furan rings is 1. The highest BCUT2D eigenvalue weighted by atomic mass is 16.3. The number of anilines is 3. The van der Waals surface area contributed by atoms with Crippen molar-refractivity contribution in [3.8, 4) is 39.1 Å². The monoisotopic (exact) mass is 728 g/mol. The van der Waals surface area contributed by atoms with E-state index < -0.39 is 0 Å². The van der Waals surface area contributed by atoms with Crippen molar-refractivity contribution in [3.05, 3.63) is 218 Å². The number of nitrogens with zero attached hydrogens (tertiary/aromatic N) is 2. The van der Waals surface area contributed by atoms with Crippen LogP contribution in [0.15, 0.2) is 223 Å². The maximum absolute atomic E-state index is 6.55. The Kier molecular flexibility index (Phi) is 7.82. The van der Waals surface area contributed by atoms with Gasteiger partial charge in [0, 0.05) is 44.2 Å². The van der Waals surface area contributed by atoms with Crippen LogP contribution in [0.5, 0.6) is 0 Å². The molecule has 0 saturated heterocycles. The van der Waals surface area contributed by atoms with Crippen LogP contribution in [0.1, 0.15) is 0 Å². The van der Waals surface area contributed by atoms with Gasteiger partial charge in [-0.2, -0.15) is 0 Å². The first kappa shape index (κ1) is 32.8. The summed E-state index contributed by atoms with van der Waals surface area (Å²) >= 11 is 0. The van der Waals surface area contributed by atoms with E-state index in [0.29, 0.717) is 0 Å². The van der Waals surface area contributed by atoms with Crippen LogP contribution in [0, 0.1) is 0 Å². The highest BCUT2D eigenvalue weighted by Gasteiger charge is 2.23. The second-order valence-electron chi connectivity index (χ2n) is 14.5. The minimum Gasteiger partial charge on any atom is -0.456 e. The van der Waals surface area contributed by atoms with E-state index in [2.05, 4.69) is 222 Å². The molecule has 3 heteroatoms. The van der Waals surface area contributed by atoms with Crippen molar-refractivity contribution < 1.29 is 4.42 Å². The molecule has 0 aliphatic carbocycles. The van der Waals surface area contributed by atoms with Crippen molar-refractivity contribution in [1.82, 2.24) is 4.57 Å². The van der Waals surface area contributed by atoms with Crippen LogP contribution >= 0.6 is 0 Å². The second-order valence-corrected chi connectivity index (χ2v) is 14.5. The minimum atomic E-state index is 0.862. The first-order valence-electron chi connectivity index (χ1n) is 19.4. The van der Waals surface area contributed by atoms with Crippen molar-refractivity contribution in [1.29, 1.82) is 0 Å². The van der Waals surface area contributed by atoms with Gasteiger partial charge in [0.1, 0.15) is 11.2 Å². The molecule has 0 spiro atoms. The van der Waals surface area contributed by atoms with Gasteiger partial charge in [-0.15, -0.1) is 0 Å². The topological polar surface area (TPSA) is 21.3 Å². The van der Waals surface area contributed by atoms with Crippen LogP contribution in [0.25, 0.3) is 82.8 Å². The summed E-state index contributed by atoms with van der Waals surface area (Å²) in [5, 5.41) is 4.67. The summed E-state index contributed by atoms with van der Waals surface area (Å²) in [5.74, 6) is 0. The summed E-state index contributed by atoms with van der Waals surface area (Å²) in [6.07, 6.45) is 0. The Morgan fingerprint density at radius 1 is 0.351 bits per heavy atom. The van der Waals surface area contributed by atoms with E-state index >= 15 is 0 Å². The van der Waals surface area contributed by atoms with Crippen LogP contribution < -0.4 is 4.90 Å². The number of benzene rings is 9. The number of hydrogen-bond donors (Lipinski definition) is 0. The highest BCUT2D eigenvalue weighted by Crippen LogP contribution is 2.48. The van der Waals surface area contributed by atoms with Crippen LogP contribution in [-0.4, -0.2) is 4.57 Å². The Labute approximate surface area is 330 Å². The predicted molar refractivity (Wildman–Crippen MR) is 239 cm³/mol. The largest absolute Gasteiger partial charge is 0.456 e. The molecule has 0 fully saturated rings. The third-order valence-corrected chi connectivity index (χ3v) is 11.2. The average molecular weight is 729 g/mol. The van der Waals surface area contributed by atoms with Gasteiger partial charge in [0.2, 0.25) is 0 Å². The molecule has 0 bridgehead atoms. The molecule has 0 saturated carbocycles. The normalized spacial score (nSPS) is 11.5. The molecule has 0 radical (unpaired) electrons. The van der Waals surface area contributed by atoms with E-state index in [4.69, 9.17) is 4.42 Å². The fourth-order valence-electron chi connectivity index (χ4n) is 8.58. The zero-order valence-corrected chi connectivity index (χ0v) is 31.1. The molecule has 0 unspecified atom stereocenters. The van der Waals surface area contributed by atoms with E-state index in [0.717, 1.165) is 55.8 Å². The zero-order chi connectivity index (χ0) is 37.7. The molecule has 0 aliphatic rings. The zero-order valence-electron chi connectivity index (χ0n) is 31.1. The maximum Gasteiger partial charge on any atom is 0.136 e. The molecular formula is C54H36N2O. The quantitative estimate of drug-likeness (QED) is 0.163. The van der Waals surface area contributed by atoms with E-state index in [1.54, 1.807) is 0 Å². The molecule has 11 aromatic rings. The molecule has 2 heterocycles. The number of fused-ring (bicyclic) bond motifs is 6. The molecule has 0 N–H and O–H groups in total. The molecule has 0 aliphatic heterocycles. The van der Waals surface area contributed by atoms with Crippen molar-refractivity contribution in [2.75, 3.05) is 4.90 Å². The standard InChI is InChI=1S/C54H36N2O/c1-3-14-37(15-4-1)39-26-28-41(29-27-39)53-50(34-35-52-54(53)47-22-9-12-25-51(47)57-52)55(42-32-30-40(31-33-42)38-16-5-2-6-17-38)43-18-13-19-44(36-43)56-48-23-10-7-20-45(48)46-21-8-11-24-49(46)56/h1-36H. The third kappa shape index (κ3) is 5.60. The molecule has 268 valence electrons. The number of aromatic nitrogens is 1. The van der Waals surface area contributed by atoms with E-state index in [-0.39, 0.29) is 0 Å². The lowest BCUT2D eigenvalue weighted by Gasteiger charge is -2.29. The van der Waals surface area contributed by atoms with Gasteiger partial charge >= 0.3 is 0 Å². The highest BCUT2D eigenvalue weighted by molar-refractivity contribution is 6.16. The maximum atomic E-state index is 6.55. The molecular weight excluding hydrogens is 693 g/mol. The second kappa shape index (κ2) is 13.6. The number of hydrogen-bond acceptors (Lipinski definition) is 2. The van der Waals surface area contributed by atoms with Gasteiger partial charge in [0.15, 0.2) is 0 Å². The Morgan fingerprint density at radius 3 is 1.53 bits per heavy atom. The van der Waals surface area contributed by atoms with Gasteiger partial charge in [-0.1, -0.05) is 158 Å². The van der Waals surface area contributed by atoms with Crippen molar-refractivity contribution in [2.24, 2.45) is 0 Å². The van der Waals surface area contributed by atoms with Crippen molar-refractivity contribution in [3.63, 3.8) is 0 Å². The number of para-hydroxylation sites is 3. The summed E-state index contributed by atoms with van der Waals surface area (Å²) in [4.78, 5) is 2.41. The molecule has 3 nitrogen and oxygen atoms in total. The molecule has 9 aromatic carbocycles. The van der Waals surface area contributed by atoms with Gasteiger partial charge in [0.05, 0.1) is 16.7 Å². The molecule has 0 atom stereocenters. The smallest absolute Gasteiger partial charge is 0.136 e.